The van der Waals surface area contributed by atoms with E-state index >= 15 is 0 Å². The van der Waals surface area contributed by atoms with Crippen LogP contribution in [-0.2, 0) is 0 Å². The first-order chi connectivity index (χ1) is 15.1. The number of hydrogen-bond acceptors (Lipinski definition) is 8. The lowest BCUT2D eigenvalue weighted by atomic mass is 10.2. The van der Waals surface area contributed by atoms with Crippen LogP contribution in [0.25, 0.3) is 0 Å². The minimum atomic E-state index is -0.442. The molecule has 0 fully saturated rings. The zero-order valence-corrected chi connectivity index (χ0v) is 16.6. The standard InChI is InChI=1S/C22H19N7O2/c1-15-12-13-18(29(30)31)14-19(15)25-22-27-20(23-16-8-4-2-5-9-16)26-21(28-22)24-17-10-6-3-7-11-17/h2-14H,1H3,(H3,23,24,25,26,27,28). The predicted molar refractivity (Wildman–Crippen MR) is 120 cm³/mol. The monoisotopic (exact) mass is 413 g/mol. The molecule has 1 aromatic heterocycles. The fraction of sp³-hybridized carbons (Fsp3) is 0.0455. The second kappa shape index (κ2) is 8.87. The number of hydrogen-bond donors (Lipinski definition) is 3. The molecule has 0 unspecified atom stereocenters. The third-order valence-electron chi connectivity index (χ3n) is 4.37. The highest BCUT2D eigenvalue weighted by atomic mass is 16.6. The number of benzene rings is 3. The van der Waals surface area contributed by atoms with Crippen molar-refractivity contribution >= 4 is 40.6 Å². The van der Waals surface area contributed by atoms with Crippen LogP contribution in [0.5, 0.6) is 0 Å². The van der Waals surface area contributed by atoms with E-state index < -0.39 is 4.92 Å². The van der Waals surface area contributed by atoms with E-state index in [9.17, 15) is 10.1 Å². The Morgan fingerprint density at radius 3 is 1.68 bits per heavy atom. The van der Waals surface area contributed by atoms with E-state index in [2.05, 4.69) is 30.9 Å². The van der Waals surface area contributed by atoms with Crippen molar-refractivity contribution in [1.82, 2.24) is 15.0 Å². The lowest BCUT2D eigenvalue weighted by Crippen LogP contribution is -2.08. The summed E-state index contributed by atoms with van der Waals surface area (Å²) >= 11 is 0. The van der Waals surface area contributed by atoms with Gasteiger partial charge in [-0.3, -0.25) is 10.1 Å². The molecule has 9 nitrogen and oxygen atoms in total. The van der Waals surface area contributed by atoms with E-state index in [4.69, 9.17) is 0 Å². The fourth-order valence-corrected chi connectivity index (χ4v) is 2.82. The molecule has 0 radical (unpaired) electrons. The first-order valence-corrected chi connectivity index (χ1v) is 9.49. The van der Waals surface area contributed by atoms with Crippen molar-refractivity contribution in [2.24, 2.45) is 0 Å². The number of para-hydroxylation sites is 2. The average Bonchev–Trinajstić information content (AvgIpc) is 2.76. The number of nitro benzene ring substituents is 1. The number of nitrogens with one attached hydrogen (secondary N) is 3. The Bertz CT molecular complexity index is 1140. The molecule has 0 aliphatic carbocycles. The molecule has 154 valence electrons. The predicted octanol–water partition coefficient (Wildman–Crippen LogP) is 5.32. The van der Waals surface area contributed by atoms with Gasteiger partial charge in [0.1, 0.15) is 0 Å². The molecule has 4 aromatic rings. The van der Waals surface area contributed by atoms with E-state index in [1.54, 1.807) is 6.07 Å². The van der Waals surface area contributed by atoms with Gasteiger partial charge in [0.05, 0.1) is 10.6 Å². The van der Waals surface area contributed by atoms with Gasteiger partial charge >= 0.3 is 0 Å². The molecule has 0 amide bonds. The number of non-ortho nitro benzene ring substituents is 1. The third-order valence-corrected chi connectivity index (χ3v) is 4.37. The Morgan fingerprint density at radius 2 is 1.19 bits per heavy atom. The molecule has 0 saturated carbocycles. The van der Waals surface area contributed by atoms with E-state index in [0.717, 1.165) is 16.9 Å². The maximum Gasteiger partial charge on any atom is 0.271 e. The first-order valence-electron chi connectivity index (χ1n) is 9.49. The Kier molecular flexibility index (Phi) is 5.66. The van der Waals surface area contributed by atoms with Crippen molar-refractivity contribution in [2.75, 3.05) is 16.0 Å². The minimum absolute atomic E-state index is 0.0209. The molecule has 0 bridgehead atoms. The van der Waals surface area contributed by atoms with Crippen molar-refractivity contribution in [2.45, 2.75) is 6.92 Å². The summed E-state index contributed by atoms with van der Waals surface area (Å²) in [6.07, 6.45) is 0. The van der Waals surface area contributed by atoms with Gasteiger partial charge in [-0.1, -0.05) is 42.5 Å². The van der Waals surface area contributed by atoms with Crippen molar-refractivity contribution in [3.05, 3.63) is 94.5 Å². The van der Waals surface area contributed by atoms with Crippen LogP contribution in [-0.4, -0.2) is 19.9 Å². The summed E-state index contributed by atoms with van der Waals surface area (Å²) in [6, 6.07) is 23.6. The van der Waals surface area contributed by atoms with Crippen LogP contribution in [0.1, 0.15) is 5.56 Å². The number of nitro groups is 1. The molecule has 3 aromatic carbocycles. The highest BCUT2D eigenvalue weighted by Gasteiger charge is 2.12. The largest absolute Gasteiger partial charge is 0.324 e. The summed E-state index contributed by atoms with van der Waals surface area (Å²) in [5.74, 6) is 0.894. The second-order valence-electron chi connectivity index (χ2n) is 6.67. The maximum atomic E-state index is 11.1. The van der Waals surface area contributed by atoms with Crippen molar-refractivity contribution in [3.8, 4) is 0 Å². The third kappa shape index (κ3) is 5.10. The summed E-state index contributed by atoms with van der Waals surface area (Å²) in [4.78, 5) is 24.0. The normalized spacial score (nSPS) is 10.4. The highest BCUT2D eigenvalue weighted by Crippen LogP contribution is 2.26. The van der Waals surface area contributed by atoms with E-state index in [1.165, 1.54) is 12.1 Å². The number of rotatable bonds is 7. The van der Waals surface area contributed by atoms with Crippen molar-refractivity contribution < 1.29 is 4.92 Å². The van der Waals surface area contributed by atoms with E-state index in [1.807, 2.05) is 67.6 Å². The van der Waals surface area contributed by atoms with Gasteiger partial charge < -0.3 is 16.0 Å². The molecule has 1 heterocycles. The lowest BCUT2D eigenvalue weighted by Gasteiger charge is -2.12. The Hall–Kier alpha value is -4.53. The molecule has 0 spiro atoms. The Morgan fingerprint density at radius 1 is 0.710 bits per heavy atom. The molecular weight excluding hydrogens is 394 g/mol. The molecule has 0 atom stereocenters. The smallest absolute Gasteiger partial charge is 0.271 e. The first kappa shape index (κ1) is 19.8. The summed E-state index contributed by atoms with van der Waals surface area (Å²) in [5.41, 5.74) is 2.97. The fourth-order valence-electron chi connectivity index (χ4n) is 2.82. The van der Waals surface area contributed by atoms with Gasteiger partial charge in [0.15, 0.2) is 0 Å². The van der Waals surface area contributed by atoms with Crippen LogP contribution >= 0.6 is 0 Å². The molecule has 0 aliphatic heterocycles. The topological polar surface area (TPSA) is 118 Å². The average molecular weight is 413 g/mol. The van der Waals surface area contributed by atoms with Crippen LogP contribution in [0.2, 0.25) is 0 Å². The summed E-state index contributed by atoms with van der Waals surface area (Å²) in [5, 5.41) is 20.5. The molecular formula is C22H19N7O2. The van der Waals surface area contributed by atoms with Gasteiger partial charge in [-0.25, -0.2) is 0 Å². The summed E-state index contributed by atoms with van der Waals surface area (Å²) < 4.78 is 0. The van der Waals surface area contributed by atoms with Crippen molar-refractivity contribution in [1.29, 1.82) is 0 Å². The number of anilines is 6. The van der Waals surface area contributed by atoms with Crippen LogP contribution in [0.3, 0.4) is 0 Å². The molecule has 4 rings (SSSR count). The van der Waals surface area contributed by atoms with Gasteiger partial charge in [0.25, 0.3) is 5.69 Å². The molecule has 31 heavy (non-hydrogen) atoms. The van der Waals surface area contributed by atoms with Crippen molar-refractivity contribution in [3.63, 3.8) is 0 Å². The van der Waals surface area contributed by atoms with Crippen LogP contribution in [0, 0.1) is 17.0 Å². The maximum absolute atomic E-state index is 11.1. The quantitative estimate of drug-likeness (QED) is 0.275. The van der Waals surface area contributed by atoms with Gasteiger partial charge in [0, 0.05) is 23.5 Å². The Labute approximate surface area is 178 Å². The molecule has 0 saturated heterocycles. The molecule has 9 heteroatoms. The van der Waals surface area contributed by atoms with E-state index in [0.29, 0.717) is 17.6 Å². The molecule has 3 N–H and O–H groups in total. The summed E-state index contributed by atoms with van der Waals surface area (Å²) in [6.45, 7) is 1.85. The highest BCUT2D eigenvalue weighted by molar-refractivity contribution is 5.65. The van der Waals surface area contributed by atoms with Gasteiger partial charge in [0.2, 0.25) is 17.8 Å². The second-order valence-corrected chi connectivity index (χ2v) is 6.67. The van der Waals surface area contributed by atoms with Gasteiger partial charge in [-0.05, 0) is 36.8 Å². The van der Waals surface area contributed by atoms with E-state index in [-0.39, 0.29) is 11.6 Å². The zero-order valence-electron chi connectivity index (χ0n) is 16.6. The molecule has 0 aliphatic rings. The van der Waals surface area contributed by atoms with Gasteiger partial charge in [-0.15, -0.1) is 0 Å². The number of aryl methyl sites for hydroxylation is 1. The number of nitrogens with zero attached hydrogens (tertiary/aromatic N) is 4. The van der Waals surface area contributed by atoms with Gasteiger partial charge in [-0.2, -0.15) is 15.0 Å². The number of aromatic nitrogens is 3. The zero-order chi connectivity index (χ0) is 21.6. The summed E-state index contributed by atoms with van der Waals surface area (Å²) in [7, 11) is 0. The lowest BCUT2D eigenvalue weighted by molar-refractivity contribution is -0.384. The van der Waals surface area contributed by atoms with Crippen LogP contribution in [0.4, 0.5) is 40.6 Å². The van der Waals surface area contributed by atoms with Crippen LogP contribution < -0.4 is 16.0 Å². The Balaban J connectivity index is 1.69. The minimum Gasteiger partial charge on any atom is -0.324 e. The van der Waals surface area contributed by atoms with Crippen LogP contribution in [0.15, 0.2) is 78.9 Å². The SMILES string of the molecule is Cc1ccc([N+](=O)[O-])cc1Nc1nc(Nc2ccccc2)nc(Nc2ccccc2)n1.